The molecule has 89 valence electrons. The molecule has 0 aliphatic rings. The number of aryl methyl sites for hydroxylation is 1. The van der Waals surface area contributed by atoms with Crippen LogP contribution in [0.2, 0.25) is 10.6 Å². The fraction of sp³-hybridized carbons (Fsp3) is 0.600. The Bertz CT molecular complexity index is 231. The smallest absolute Gasteiger partial charge is 0.102 e. The van der Waals surface area contributed by atoms with Crippen LogP contribution >= 0.6 is 0 Å². The van der Waals surface area contributed by atoms with Gasteiger partial charge in [0.15, 0.2) is 0 Å². The molecule has 1 aromatic rings. The molecular formula is C15H26Al. The molecule has 0 amide bonds. The average Bonchev–Trinajstić information content (AvgIpc) is 2.18. The van der Waals surface area contributed by atoms with Crippen molar-refractivity contribution in [3.63, 3.8) is 0 Å². The quantitative estimate of drug-likeness (QED) is 0.653. The van der Waals surface area contributed by atoms with Crippen LogP contribution in [0.15, 0.2) is 30.3 Å². The largest absolute Gasteiger partial charge is 0.200 e. The summed E-state index contributed by atoms with van der Waals surface area (Å²) in [5.41, 5.74) is 1.32. The molecule has 0 aliphatic carbocycles. The van der Waals surface area contributed by atoms with Crippen molar-refractivity contribution < 1.29 is 0 Å². The third-order valence-corrected chi connectivity index (χ3v) is 4.77. The van der Waals surface area contributed by atoms with Gasteiger partial charge in [-0.25, -0.2) is 0 Å². The van der Waals surface area contributed by atoms with Gasteiger partial charge in [-0.3, -0.25) is 0 Å². The number of hydrogen-bond acceptors (Lipinski definition) is 0. The van der Waals surface area contributed by atoms with Crippen LogP contribution in [0.1, 0.15) is 33.3 Å². The second kappa shape index (κ2) is 9.94. The van der Waals surface area contributed by atoms with Crippen LogP contribution in [-0.4, -0.2) is 15.2 Å². The molecule has 1 rings (SSSR count). The van der Waals surface area contributed by atoms with Gasteiger partial charge in [0.05, 0.1) is 0 Å². The maximum absolute atomic E-state index is 2.31. The lowest BCUT2D eigenvalue weighted by Gasteiger charge is -2.03. The van der Waals surface area contributed by atoms with Crippen LogP contribution in [0.25, 0.3) is 0 Å². The Hall–Kier alpha value is -0.248. The van der Waals surface area contributed by atoms with Crippen molar-refractivity contribution >= 4 is 15.2 Å². The van der Waals surface area contributed by atoms with E-state index in [2.05, 4.69) is 46.8 Å². The van der Waals surface area contributed by atoms with Crippen LogP contribution in [-0.2, 0) is 0 Å². The van der Waals surface area contributed by atoms with Crippen molar-refractivity contribution in [3.8, 4) is 0 Å². The molecule has 0 unspecified atom stereocenters. The van der Waals surface area contributed by atoms with E-state index in [-0.39, 0.29) is 0 Å². The molecule has 0 spiro atoms. The molecule has 0 nitrogen and oxygen atoms in total. The van der Waals surface area contributed by atoms with Crippen LogP contribution < -0.4 is 0 Å². The summed E-state index contributed by atoms with van der Waals surface area (Å²) in [4.78, 5) is 0. The predicted octanol–water partition coefficient (Wildman–Crippen LogP) is 4.83. The van der Waals surface area contributed by atoms with E-state index in [0.29, 0.717) is 0 Å². The highest BCUT2D eigenvalue weighted by Gasteiger charge is 1.98. The lowest BCUT2D eigenvalue weighted by atomic mass is 10.2. The monoisotopic (exact) mass is 233 g/mol. The summed E-state index contributed by atoms with van der Waals surface area (Å²) in [5, 5.41) is 2.97. The molecule has 0 saturated carbocycles. The minimum absolute atomic E-state index is 0.755. The van der Waals surface area contributed by atoms with E-state index in [1.807, 2.05) is 18.2 Å². The topological polar surface area (TPSA) is 0 Å². The normalized spacial score (nSPS) is 9.94. The molecule has 16 heavy (non-hydrogen) atoms. The first-order valence-corrected chi connectivity index (χ1v) is 7.99. The summed E-state index contributed by atoms with van der Waals surface area (Å²) >= 11 is 0.755. The van der Waals surface area contributed by atoms with E-state index in [1.54, 1.807) is 0 Å². The first kappa shape index (κ1) is 15.8. The van der Waals surface area contributed by atoms with Crippen molar-refractivity contribution in [3.05, 3.63) is 35.9 Å². The van der Waals surface area contributed by atoms with Crippen LogP contribution in [0, 0.1) is 18.8 Å². The van der Waals surface area contributed by atoms with Crippen molar-refractivity contribution in [2.75, 3.05) is 0 Å². The highest BCUT2D eigenvalue weighted by atomic mass is 27.1. The standard InChI is InChI=1S/C7H8.2C4H9.Al/c1-7-5-3-2-4-6-7;2*1-4(2)3;/h2-6H,1H3;2*4H,1H2,2-3H3;. The van der Waals surface area contributed by atoms with E-state index in [4.69, 9.17) is 0 Å². The second-order valence-corrected chi connectivity index (χ2v) is 6.72. The van der Waals surface area contributed by atoms with Gasteiger partial charge in [0.1, 0.15) is 0 Å². The molecule has 1 heteroatoms. The first-order valence-electron chi connectivity index (χ1n) is 6.35. The number of rotatable bonds is 4. The van der Waals surface area contributed by atoms with Gasteiger partial charge in [-0.05, 0) is 6.92 Å². The Morgan fingerprint density at radius 3 is 1.56 bits per heavy atom. The van der Waals surface area contributed by atoms with Gasteiger partial charge < -0.3 is 0 Å². The van der Waals surface area contributed by atoms with Crippen LogP contribution in [0.3, 0.4) is 0 Å². The van der Waals surface area contributed by atoms with E-state index < -0.39 is 0 Å². The number of hydrogen-bond donors (Lipinski definition) is 0. The van der Waals surface area contributed by atoms with E-state index in [1.165, 1.54) is 16.1 Å². The van der Waals surface area contributed by atoms with Crippen LogP contribution in [0.4, 0.5) is 0 Å². The lowest BCUT2D eigenvalue weighted by Crippen LogP contribution is -1.99. The van der Waals surface area contributed by atoms with Gasteiger partial charge in [-0.2, -0.15) is 0 Å². The molecule has 0 aromatic heterocycles. The highest BCUT2D eigenvalue weighted by molar-refractivity contribution is 6.35. The summed E-state index contributed by atoms with van der Waals surface area (Å²) in [6.45, 7) is 11.3. The maximum Gasteiger partial charge on any atom is 0.200 e. The molecule has 0 aliphatic heterocycles. The first-order chi connectivity index (χ1) is 7.52. The van der Waals surface area contributed by atoms with Gasteiger partial charge >= 0.3 is 0 Å². The minimum atomic E-state index is 0.755. The summed E-state index contributed by atoms with van der Waals surface area (Å²) in [6, 6.07) is 10.3. The molecule has 0 N–H and O–H groups in total. The molecule has 0 fully saturated rings. The molecule has 0 atom stereocenters. The van der Waals surface area contributed by atoms with E-state index in [9.17, 15) is 0 Å². The minimum Gasteiger partial charge on any atom is -0.102 e. The zero-order valence-electron chi connectivity index (χ0n) is 11.5. The summed E-state index contributed by atoms with van der Waals surface area (Å²) in [5.74, 6) is 1.86. The van der Waals surface area contributed by atoms with E-state index >= 15 is 0 Å². The Morgan fingerprint density at radius 1 is 0.875 bits per heavy atom. The zero-order chi connectivity index (χ0) is 12.4. The highest BCUT2D eigenvalue weighted by Crippen LogP contribution is 2.05. The molecule has 0 heterocycles. The maximum atomic E-state index is 2.31. The van der Waals surface area contributed by atoms with Gasteiger partial charge in [0, 0.05) is 0 Å². The molecular weight excluding hydrogens is 207 g/mol. The van der Waals surface area contributed by atoms with Gasteiger partial charge in [-0.15, -0.1) is 10.6 Å². The van der Waals surface area contributed by atoms with Crippen molar-refractivity contribution in [2.24, 2.45) is 11.8 Å². The lowest BCUT2D eigenvalue weighted by molar-refractivity contribution is 0.700. The van der Waals surface area contributed by atoms with Gasteiger partial charge in [-0.1, -0.05) is 75.4 Å². The molecule has 0 saturated heterocycles. The van der Waals surface area contributed by atoms with Gasteiger partial charge in [0.2, 0.25) is 15.2 Å². The van der Waals surface area contributed by atoms with Crippen molar-refractivity contribution in [2.45, 2.75) is 45.2 Å². The third-order valence-electron chi connectivity index (χ3n) is 2.22. The third kappa shape index (κ3) is 11.8. The second-order valence-electron chi connectivity index (χ2n) is 5.20. The molecule has 0 bridgehead atoms. The Morgan fingerprint density at radius 2 is 1.31 bits per heavy atom. The van der Waals surface area contributed by atoms with Crippen molar-refractivity contribution in [1.29, 1.82) is 0 Å². The molecule has 1 aromatic carbocycles. The summed E-state index contributed by atoms with van der Waals surface area (Å²) < 4.78 is 0. The number of benzene rings is 1. The predicted molar refractivity (Wildman–Crippen MR) is 76.2 cm³/mol. The summed E-state index contributed by atoms with van der Waals surface area (Å²) in [7, 11) is 0. The fourth-order valence-electron chi connectivity index (χ4n) is 1.30. The Kier molecular flexibility index (Phi) is 9.79. The Balaban J connectivity index is 0.000000288. The Labute approximate surface area is 108 Å². The van der Waals surface area contributed by atoms with E-state index in [0.717, 1.165) is 27.1 Å². The fourth-order valence-corrected chi connectivity index (χ4v) is 2.82. The zero-order valence-corrected chi connectivity index (χ0v) is 12.7. The van der Waals surface area contributed by atoms with Gasteiger partial charge in [0.25, 0.3) is 0 Å². The molecule has 1 radical (unpaired) electrons. The van der Waals surface area contributed by atoms with Crippen LogP contribution in [0.5, 0.6) is 0 Å². The average molecular weight is 233 g/mol. The SMILES string of the molecule is CC(C)[CH2][Al][CH2]C(C)C.Cc1ccccc1. The summed E-state index contributed by atoms with van der Waals surface area (Å²) in [6.07, 6.45) is 0. The van der Waals surface area contributed by atoms with Crippen molar-refractivity contribution in [1.82, 2.24) is 0 Å².